The molecule has 0 saturated carbocycles. The van der Waals surface area contributed by atoms with Crippen molar-refractivity contribution in [3.05, 3.63) is 11.5 Å². The van der Waals surface area contributed by atoms with Gasteiger partial charge in [0.05, 0.1) is 5.69 Å². The minimum Gasteiger partial charge on any atom is -0.437 e. The van der Waals surface area contributed by atoms with Gasteiger partial charge in [-0.25, -0.2) is 4.98 Å². The fourth-order valence-electron chi connectivity index (χ4n) is 0.531. The summed E-state index contributed by atoms with van der Waals surface area (Å²) in [4.78, 5) is 4.12. The molecule has 1 heterocycles. The third-order valence-electron chi connectivity index (χ3n) is 1.18. The Morgan fingerprint density at radius 3 is 2.33 bits per heavy atom. The van der Waals surface area contributed by atoms with Crippen molar-refractivity contribution in [3.8, 4) is 0 Å². The van der Waals surface area contributed by atoms with Crippen LogP contribution in [0.3, 0.4) is 0 Å². The highest BCUT2D eigenvalue weighted by atomic mass is 32.2. The minimum absolute atomic E-state index is 0.755. The van der Waals surface area contributed by atoms with Crippen LogP contribution in [0.1, 0.15) is 11.5 Å². The van der Waals surface area contributed by atoms with Crippen molar-refractivity contribution in [1.29, 1.82) is 0 Å². The maximum atomic E-state index is 5.22. The minimum atomic E-state index is 0.755. The molecule has 1 rings (SSSR count). The Balaban J connectivity index is 2.98. The molecule has 0 unspecified atom stereocenters. The van der Waals surface area contributed by atoms with E-state index < -0.39 is 0 Å². The zero-order valence-electron chi connectivity index (χ0n) is 5.76. The molecule has 0 fully saturated rings. The van der Waals surface area contributed by atoms with Crippen LogP contribution < -0.4 is 0 Å². The smallest absolute Gasteiger partial charge is 0.255 e. The third kappa shape index (κ3) is 1.27. The standard InChI is InChI=1S/C6H9NOS/c1-4-5(2)8-6(7-4)9-3/h1-3H3. The average molecular weight is 143 g/mol. The van der Waals surface area contributed by atoms with Crippen molar-refractivity contribution < 1.29 is 4.42 Å². The summed E-state index contributed by atoms with van der Waals surface area (Å²) in [6, 6.07) is 0. The molecular formula is C6H9NOS. The summed E-state index contributed by atoms with van der Waals surface area (Å²) in [5.74, 6) is 0.916. The maximum absolute atomic E-state index is 5.22. The van der Waals surface area contributed by atoms with Crippen molar-refractivity contribution in [2.45, 2.75) is 19.1 Å². The number of rotatable bonds is 1. The van der Waals surface area contributed by atoms with Gasteiger partial charge < -0.3 is 4.42 Å². The van der Waals surface area contributed by atoms with Crippen LogP contribution in [0, 0.1) is 13.8 Å². The molecule has 0 amide bonds. The van der Waals surface area contributed by atoms with E-state index in [-0.39, 0.29) is 0 Å². The Bertz CT molecular complexity index is 187. The quantitative estimate of drug-likeness (QED) is 0.562. The molecule has 0 atom stereocenters. The summed E-state index contributed by atoms with van der Waals surface area (Å²) in [7, 11) is 0. The van der Waals surface area contributed by atoms with Gasteiger partial charge in [-0.3, -0.25) is 0 Å². The molecule has 1 aromatic heterocycles. The van der Waals surface area contributed by atoms with Crippen LogP contribution in [-0.2, 0) is 0 Å². The topological polar surface area (TPSA) is 26.0 Å². The highest BCUT2D eigenvalue weighted by Crippen LogP contribution is 2.16. The van der Waals surface area contributed by atoms with Gasteiger partial charge in [0.25, 0.3) is 5.22 Å². The van der Waals surface area contributed by atoms with E-state index in [0.717, 1.165) is 16.7 Å². The van der Waals surface area contributed by atoms with Crippen LogP contribution in [0.15, 0.2) is 9.64 Å². The molecule has 0 bridgehead atoms. The summed E-state index contributed by atoms with van der Waals surface area (Å²) in [6.45, 7) is 3.86. The number of aromatic nitrogens is 1. The lowest BCUT2D eigenvalue weighted by Crippen LogP contribution is -1.71. The molecule has 0 saturated heterocycles. The van der Waals surface area contributed by atoms with Gasteiger partial charge in [0.2, 0.25) is 0 Å². The molecule has 0 N–H and O–H groups in total. The van der Waals surface area contributed by atoms with Crippen LogP contribution in [0.2, 0.25) is 0 Å². The zero-order chi connectivity index (χ0) is 6.85. The van der Waals surface area contributed by atoms with E-state index in [0.29, 0.717) is 0 Å². The Morgan fingerprint density at radius 2 is 2.11 bits per heavy atom. The zero-order valence-corrected chi connectivity index (χ0v) is 6.58. The molecule has 9 heavy (non-hydrogen) atoms. The number of thioether (sulfide) groups is 1. The Hall–Kier alpha value is -0.440. The van der Waals surface area contributed by atoms with E-state index in [2.05, 4.69) is 4.98 Å². The summed E-state index contributed by atoms with van der Waals surface area (Å²) in [5, 5.41) is 0.755. The lowest BCUT2D eigenvalue weighted by atomic mass is 10.4. The van der Waals surface area contributed by atoms with Crippen LogP contribution in [-0.4, -0.2) is 11.2 Å². The van der Waals surface area contributed by atoms with Gasteiger partial charge in [-0.05, 0) is 20.1 Å². The summed E-state index contributed by atoms with van der Waals surface area (Å²) >= 11 is 1.53. The number of aryl methyl sites for hydroxylation is 2. The first kappa shape index (κ1) is 6.68. The second-order valence-corrected chi connectivity index (χ2v) is 2.58. The number of hydrogen-bond donors (Lipinski definition) is 0. The molecule has 2 nitrogen and oxygen atoms in total. The van der Waals surface area contributed by atoms with Gasteiger partial charge in [-0.15, -0.1) is 0 Å². The fourth-order valence-corrected chi connectivity index (χ4v) is 0.967. The number of oxazole rings is 1. The lowest BCUT2D eigenvalue weighted by molar-refractivity contribution is 0.431. The van der Waals surface area contributed by atoms with E-state index in [1.165, 1.54) is 11.8 Å². The SMILES string of the molecule is CSc1nc(C)c(C)o1. The summed E-state index contributed by atoms with van der Waals surface area (Å²) in [6.07, 6.45) is 1.95. The van der Waals surface area contributed by atoms with E-state index >= 15 is 0 Å². The van der Waals surface area contributed by atoms with Crippen molar-refractivity contribution in [2.24, 2.45) is 0 Å². The van der Waals surface area contributed by atoms with Gasteiger partial charge >= 0.3 is 0 Å². The van der Waals surface area contributed by atoms with Gasteiger partial charge in [-0.1, -0.05) is 11.8 Å². The van der Waals surface area contributed by atoms with E-state index in [1.54, 1.807) is 0 Å². The maximum Gasteiger partial charge on any atom is 0.255 e. The highest BCUT2D eigenvalue weighted by molar-refractivity contribution is 7.98. The molecule has 0 aliphatic rings. The van der Waals surface area contributed by atoms with Crippen molar-refractivity contribution in [2.75, 3.05) is 6.26 Å². The number of hydrogen-bond acceptors (Lipinski definition) is 3. The van der Waals surface area contributed by atoms with Crippen molar-refractivity contribution in [3.63, 3.8) is 0 Å². The predicted molar refractivity (Wildman–Crippen MR) is 37.8 cm³/mol. The van der Waals surface area contributed by atoms with Crippen LogP contribution in [0.5, 0.6) is 0 Å². The molecule has 0 spiro atoms. The van der Waals surface area contributed by atoms with Crippen molar-refractivity contribution in [1.82, 2.24) is 4.98 Å². The van der Waals surface area contributed by atoms with Gasteiger partial charge in [0.15, 0.2) is 0 Å². The van der Waals surface area contributed by atoms with Crippen LogP contribution in [0.4, 0.5) is 0 Å². The summed E-state index contributed by atoms with van der Waals surface area (Å²) in [5.41, 5.74) is 0.986. The lowest BCUT2D eigenvalue weighted by Gasteiger charge is -1.80. The predicted octanol–water partition coefficient (Wildman–Crippen LogP) is 2.01. The normalized spacial score (nSPS) is 10.1. The molecule has 1 aromatic rings. The largest absolute Gasteiger partial charge is 0.437 e. The van der Waals surface area contributed by atoms with Gasteiger partial charge in [0, 0.05) is 0 Å². The van der Waals surface area contributed by atoms with Crippen LogP contribution in [0.25, 0.3) is 0 Å². The first-order chi connectivity index (χ1) is 4.24. The molecule has 0 aromatic carbocycles. The average Bonchev–Trinajstić information content (AvgIpc) is 2.13. The Kier molecular flexibility index (Phi) is 1.81. The molecule has 0 aliphatic carbocycles. The molecule has 0 aliphatic heterocycles. The van der Waals surface area contributed by atoms with E-state index in [1.807, 2.05) is 20.1 Å². The van der Waals surface area contributed by atoms with Crippen LogP contribution >= 0.6 is 11.8 Å². The number of nitrogens with zero attached hydrogens (tertiary/aromatic N) is 1. The molecule has 3 heteroatoms. The summed E-state index contributed by atoms with van der Waals surface area (Å²) < 4.78 is 5.22. The van der Waals surface area contributed by atoms with E-state index in [4.69, 9.17) is 4.42 Å². The first-order valence-corrected chi connectivity index (χ1v) is 3.94. The van der Waals surface area contributed by atoms with E-state index in [9.17, 15) is 0 Å². The Morgan fingerprint density at radius 1 is 1.44 bits per heavy atom. The second kappa shape index (κ2) is 2.43. The van der Waals surface area contributed by atoms with Gasteiger partial charge in [0.1, 0.15) is 5.76 Å². The Labute approximate surface area is 58.7 Å². The molecule has 50 valence electrons. The highest BCUT2D eigenvalue weighted by Gasteiger charge is 2.01. The second-order valence-electron chi connectivity index (χ2n) is 1.83. The monoisotopic (exact) mass is 143 g/mol. The first-order valence-electron chi connectivity index (χ1n) is 2.72. The molecular weight excluding hydrogens is 134 g/mol. The fraction of sp³-hybridized carbons (Fsp3) is 0.500. The van der Waals surface area contributed by atoms with Crippen molar-refractivity contribution >= 4 is 11.8 Å². The molecule has 0 radical (unpaired) electrons. The third-order valence-corrected chi connectivity index (χ3v) is 1.71. The van der Waals surface area contributed by atoms with Gasteiger partial charge in [-0.2, -0.15) is 0 Å².